The molecule has 2 rings (SSSR count). The highest BCUT2D eigenvalue weighted by Gasteiger charge is 2.24. The number of hydrogen-bond donors (Lipinski definition) is 2. The maximum atomic E-state index is 12.2. The average molecular weight is 298 g/mol. The van der Waals surface area contributed by atoms with Gasteiger partial charge in [-0.2, -0.15) is 0 Å². The SMILES string of the molecule is CC(C)CCNS(=O)(=O)c1ccc2c(c1)CC(CN)O2. The average Bonchev–Trinajstić information content (AvgIpc) is 2.79. The van der Waals surface area contributed by atoms with Crippen LogP contribution in [-0.4, -0.2) is 27.6 Å². The Bertz CT molecular complexity index is 570. The maximum absolute atomic E-state index is 12.2. The van der Waals surface area contributed by atoms with Gasteiger partial charge in [0.25, 0.3) is 0 Å². The summed E-state index contributed by atoms with van der Waals surface area (Å²) in [5, 5.41) is 0. The molecule has 1 aromatic carbocycles. The molecule has 112 valence electrons. The van der Waals surface area contributed by atoms with Crippen LogP contribution in [0.3, 0.4) is 0 Å². The van der Waals surface area contributed by atoms with Gasteiger partial charge in [0.2, 0.25) is 10.0 Å². The number of nitrogens with two attached hydrogens (primary N) is 1. The first-order valence-electron chi connectivity index (χ1n) is 6.91. The van der Waals surface area contributed by atoms with E-state index in [1.54, 1.807) is 18.2 Å². The van der Waals surface area contributed by atoms with Crippen LogP contribution < -0.4 is 15.2 Å². The number of nitrogens with one attached hydrogen (secondary N) is 1. The molecule has 0 bridgehead atoms. The van der Waals surface area contributed by atoms with Gasteiger partial charge in [-0.1, -0.05) is 13.8 Å². The molecule has 20 heavy (non-hydrogen) atoms. The second kappa shape index (κ2) is 6.11. The van der Waals surface area contributed by atoms with Crippen molar-refractivity contribution >= 4 is 10.0 Å². The van der Waals surface area contributed by atoms with Gasteiger partial charge in [0.15, 0.2) is 0 Å². The number of ether oxygens (including phenoxy) is 1. The zero-order chi connectivity index (χ0) is 14.8. The molecule has 0 radical (unpaired) electrons. The Morgan fingerprint density at radius 1 is 1.45 bits per heavy atom. The summed E-state index contributed by atoms with van der Waals surface area (Å²) >= 11 is 0. The Morgan fingerprint density at radius 3 is 2.85 bits per heavy atom. The van der Waals surface area contributed by atoms with Gasteiger partial charge < -0.3 is 10.5 Å². The van der Waals surface area contributed by atoms with E-state index in [1.807, 2.05) is 0 Å². The van der Waals surface area contributed by atoms with Gasteiger partial charge in [0, 0.05) is 19.5 Å². The third kappa shape index (κ3) is 3.50. The minimum Gasteiger partial charge on any atom is -0.488 e. The number of hydrogen-bond acceptors (Lipinski definition) is 4. The van der Waals surface area contributed by atoms with Crippen molar-refractivity contribution in [2.24, 2.45) is 11.7 Å². The van der Waals surface area contributed by atoms with Crippen molar-refractivity contribution in [1.82, 2.24) is 4.72 Å². The van der Waals surface area contributed by atoms with Crippen molar-refractivity contribution in [2.45, 2.75) is 37.7 Å². The van der Waals surface area contributed by atoms with Crippen LogP contribution in [0.25, 0.3) is 0 Å². The minimum atomic E-state index is -3.44. The van der Waals surface area contributed by atoms with Crippen LogP contribution in [-0.2, 0) is 16.4 Å². The maximum Gasteiger partial charge on any atom is 0.240 e. The van der Waals surface area contributed by atoms with Crippen LogP contribution in [0.5, 0.6) is 5.75 Å². The van der Waals surface area contributed by atoms with E-state index in [2.05, 4.69) is 18.6 Å². The lowest BCUT2D eigenvalue weighted by Crippen LogP contribution is -2.25. The van der Waals surface area contributed by atoms with Crippen LogP contribution >= 0.6 is 0 Å². The van der Waals surface area contributed by atoms with Crippen molar-refractivity contribution in [3.05, 3.63) is 23.8 Å². The molecular formula is C14H22N2O3S. The van der Waals surface area contributed by atoms with Crippen molar-refractivity contribution in [2.75, 3.05) is 13.1 Å². The molecule has 1 heterocycles. The zero-order valence-corrected chi connectivity index (χ0v) is 12.7. The van der Waals surface area contributed by atoms with Gasteiger partial charge in [-0.15, -0.1) is 0 Å². The second-order valence-electron chi connectivity index (χ2n) is 5.53. The van der Waals surface area contributed by atoms with Crippen molar-refractivity contribution in [1.29, 1.82) is 0 Å². The predicted octanol–water partition coefficient (Wildman–Crippen LogP) is 1.27. The molecule has 5 nitrogen and oxygen atoms in total. The predicted molar refractivity (Wildman–Crippen MR) is 78.3 cm³/mol. The Labute approximate surface area is 120 Å². The van der Waals surface area contributed by atoms with Crippen LogP contribution in [0, 0.1) is 5.92 Å². The molecule has 1 atom stereocenters. The standard InChI is InChI=1S/C14H22N2O3S/c1-10(2)5-6-16-20(17,18)13-3-4-14-11(8-13)7-12(9-15)19-14/h3-4,8,10,12,16H,5-7,9,15H2,1-2H3. The highest BCUT2D eigenvalue weighted by Crippen LogP contribution is 2.30. The van der Waals surface area contributed by atoms with Crippen LogP contribution in [0.4, 0.5) is 0 Å². The smallest absolute Gasteiger partial charge is 0.240 e. The van der Waals surface area contributed by atoms with Gasteiger partial charge >= 0.3 is 0 Å². The number of benzene rings is 1. The van der Waals surface area contributed by atoms with Gasteiger partial charge in [0.05, 0.1) is 4.90 Å². The Hall–Kier alpha value is -1.11. The normalized spacial score (nSPS) is 18.1. The fraction of sp³-hybridized carbons (Fsp3) is 0.571. The molecule has 0 aromatic heterocycles. The highest BCUT2D eigenvalue weighted by molar-refractivity contribution is 7.89. The quantitative estimate of drug-likeness (QED) is 0.829. The molecule has 0 aliphatic carbocycles. The number of fused-ring (bicyclic) bond motifs is 1. The van der Waals surface area contributed by atoms with Crippen molar-refractivity contribution in [3.8, 4) is 5.75 Å². The van der Waals surface area contributed by atoms with Crippen LogP contribution in [0.2, 0.25) is 0 Å². The minimum absolute atomic E-state index is 0.0446. The summed E-state index contributed by atoms with van der Waals surface area (Å²) in [6.07, 6.45) is 1.45. The first kappa shape index (κ1) is 15.3. The van der Waals surface area contributed by atoms with Crippen LogP contribution in [0.1, 0.15) is 25.8 Å². The molecule has 3 N–H and O–H groups in total. The van der Waals surface area contributed by atoms with E-state index in [4.69, 9.17) is 10.5 Å². The fourth-order valence-corrected chi connectivity index (χ4v) is 3.26. The second-order valence-corrected chi connectivity index (χ2v) is 7.30. The van der Waals surface area contributed by atoms with E-state index >= 15 is 0 Å². The van der Waals surface area contributed by atoms with E-state index in [9.17, 15) is 8.42 Å². The monoisotopic (exact) mass is 298 g/mol. The molecule has 1 unspecified atom stereocenters. The lowest BCUT2D eigenvalue weighted by atomic mass is 10.1. The molecule has 0 spiro atoms. The van der Waals surface area contributed by atoms with Gasteiger partial charge in [-0.05, 0) is 36.1 Å². The third-order valence-electron chi connectivity index (χ3n) is 3.36. The third-order valence-corrected chi connectivity index (χ3v) is 4.82. The summed E-state index contributed by atoms with van der Waals surface area (Å²) in [5.41, 5.74) is 6.48. The Morgan fingerprint density at radius 2 is 2.20 bits per heavy atom. The Balaban J connectivity index is 2.10. The molecule has 1 aliphatic rings. The summed E-state index contributed by atoms with van der Waals surface area (Å²) < 4.78 is 32.6. The summed E-state index contributed by atoms with van der Waals surface area (Å²) in [5.74, 6) is 1.21. The zero-order valence-electron chi connectivity index (χ0n) is 11.9. The van der Waals surface area contributed by atoms with E-state index < -0.39 is 10.0 Å². The Kier molecular flexibility index (Phi) is 4.67. The van der Waals surface area contributed by atoms with Gasteiger partial charge in [0.1, 0.15) is 11.9 Å². The summed E-state index contributed by atoms with van der Waals surface area (Å²) in [7, 11) is -3.44. The van der Waals surface area contributed by atoms with Gasteiger partial charge in [-0.3, -0.25) is 0 Å². The van der Waals surface area contributed by atoms with Crippen molar-refractivity contribution in [3.63, 3.8) is 0 Å². The molecule has 1 aliphatic heterocycles. The first-order chi connectivity index (χ1) is 9.42. The first-order valence-corrected chi connectivity index (χ1v) is 8.40. The molecular weight excluding hydrogens is 276 g/mol. The van der Waals surface area contributed by atoms with Crippen molar-refractivity contribution < 1.29 is 13.2 Å². The number of sulfonamides is 1. The molecule has 0 fully saturated rings. The lowest BCUT2D eigenvalue weighted by Gasteiger charge is -2.09. The molecule has 6 heteroatoms. The summed E-state index contributed by atoms with van der Waals surface area (Å²) in [6.45, 7) is 5.02. The molecule has 0 saturated carbocycles. The van der Waals surface area contributed by atoms with E-state index in [1.165, 1.54) is 0 Å². The van der Waals surface area contributed by atoms with E-state index in [0.29, 0.717) is 30.3 Å². The lowest BCUT2D eigenvalue weighted by molar-refractivity contribution is 0.241. The topological polar surface area (TPSA) is 81.4 Å². The molecule has 1 aromatic rings. The summed E-state index contributed by atoms with van der Waals surface area (Å²) in [6, 6.07) is 4.97. The molecule has 0 saturated heterocycles. The molecule has 0 amide bonds. The van der Waals surface area contributed by atoms with E-state index in [0.717, 1.165) is 17.7 Å². The van der Waals surface area contributed by atoms with Gasteiger partial charge in [-0.25, -0.2) is 13.1 Å². The highest BCUT2D eigenvalue weighted by atomic mass is 32.2. The van der Waals surface area contributed by atoms with Crippen LogP contribution in [0.15, 0.2) is 23.1 Å². The fourth-order valence-electron chi connectivity index (χ4n) is 2.16. The largest absolute Gasteiger partial charge is 0.488 e. The number of rotatable bonds is 6. The van der Waals surface area contributed by atoms with E-state index in [-0.39, 0.29) is 6.10 Å². The summed E-state index contributed by atoms with van der Waals surface area (Å²) in [4.78, 5) is 0.293.